The van der Waals surface area contributed by atoms with Crippen molar-refractivity contribution in [2.75, 3.05) is 25.0 Å². The molecule has 1 aliphatic heterocycles. The predicted octanol–water partition coefficient (Wildman–Crippen LogP) is 1.24. The summed E-state index contributed by atoms with van der Waals surface area (Å²) in [6, 6.07) is 3.30. The summed E-state index contributed by atoms with van der Waals surface area (Å²) < 4.78 is 12.9. The Labute approximate surface area is 121 Å². The predicted molar refractivity (Wildman–Crippen MR) is 74.1 cm³/mol. The summed E-state index contributed by atoms with van der Waals surface area (Å²) in [6.45, 7) is 3.03. The third kappa shape index (κ3) is 3.46. The van der Waals surface area contributed by atoms with Gasteiger partial charge in [-0.05, 0) is 25.1 Å². The number of rotatable bonds is 3. The molecule has 5 nitrogen and oxygen atoms in total. The van der Waals surface area contributed by atoms with E-state index in [0.717, 1.165) is 6.07 Å². The quantitative estimate of drug-likeness (QED) is 0.883. The van der Waals surface area contributed by atoms with Gasteiger partial charge in [-0.25, -0.2) is 4.39 Å². The first-order valence-electron chi connectivity index (χ1n) is 6.24. The highest BCUT2D eigenvalue weighted by molar-refractivity contribution is 6.33. The van der Waals surface area contributed by atoms with E-state index in [0.29, 0.717) is 18.8 Å². The van der Waals surface area contributed by atoms with Crippen LogP contribution >= 0.6 is 11.6 Å². The lowest BCUT2D eigenvalue weighted by molar-refractivity contribution is -0.127. The number of benzene rings is 1. The summed E-state index contributed by atoms with van der Waals surface area (Å²) >= 11 is 5.85. The van der Waals surface area contributed by atoms with E-state index in [1.54, 1.807) is 11.8 Å². The fourth-order valence-electron chi connectivity index (χ4n) is 1.98. The minimum absolute atomic E-state index is 0.101. The van der Waals surface area contributed by atoms with Crippen LogP contribution in [-0.4, -0.2) is 42.4 Å². The molecule has 0 radical (unpaired) electrons. The number of hydrogen-bond acceptors (Lipinski definition) is 3. The molecule has 1 saturated heterocycles. The first-order chi connectivity index (χ1) is 9.47. The van der Waals surface area contributed by atoms with E-state index in [9.17, 15) is 14.0 Å². The van der Waals surface area contributed by atoms with Crippen LogP contribution in [0, 0.1) is 5.82 Å². The van der Waals surface area contributed by atoms with Crippen LogP contribution in [0.25, 0.3) is 0 Å². The van der Waals surface area contributed by atoms with Crippen LogP contribution in [0.2, 0.25) is 5.02 Å². The Bertz CT molecular complexity index is 538. The molecular weight excluding hydrogens is 285 g/mol. The molecule has 20 heavy (non-hydrogen) atoms. The first kappa shape index (κ1) is 14.7. The van der Waals surface area contributed by atoms with Gasteiger partial charge in [-0.2, -0.15) is 0 Å². The molecular formula is C13H15ClFN3O2. The third-order valence-electron chi connectivity index (χ3n) is 3.18. The number of hydrogen-bond donors (Lipinski definition) is 2. The Morgan fingerprint density at radius 1 is 1.55 bits per heavy atom. The van der Waals surface area contributed by atoms with Crippen LogP contribution in [0.1, 0.15) is 6.92 Å². The first-order valence-corrected chi connectivity index (χ1v) is 6.62. The second kappa shape index (κ2) is 6.19. The van der Waals surface area contributed by atoms with Crippen molar-refractivity contribution in [3.63, 3.8) is 0 Å². The van der Waals surface area contributed by atoms with E-state index in [1.165, 1.54) is 12.1 Å². The van der Waals surface area contributed by atoms with Crippen molar-refractivity contribution in [1.29, 1.82) is 0 Å². The molecule has 1 atom stereocenters. The van der Waals surface area contributed by atoms with Crippen molar-refractivity contribution >= 4 is 29.1 Å². The molecule has 1 aromatic rings. The lowest BCUT2D eigenvalue weighted by atomic mass is 10.2. The maximum absolute atomic E-state index is 12.9. The van der Waals surface area contributed by atoms with E-state index < -0.39 is 11.9 Å². The van der Waals surface area contributed by atoms with Crippen molar-refractivity contribution in [2.45, 2.75) is 13.0 Å². The number of carbonyl (C=O) groups excluding carboxylic acids is 2. The Hall–Kier alpha value is -1.66. The zero-order chi connectivity index (χ0) is 14.7. The third-order valence-corrected chi connectivity index (χ3v) is 3.50. The monoisotopic (exact) mass is 299 g/mol. The van der Waals surface area contributed by atoms with Gasteiger partial charge in [-0.3, -0.25) is 14.5 Å². The van der Waals surface area contributed by atoms with Gasteiger partial charge < -0.3 is 10.6 Å². The SMILES string of the molecule is CC(C(=O)Nc1ccc(F)cc1Cl)N1CCNC(=O)C1. The molecule has 0 spiro atoms. The van der Waals surface area contributed by atoms with Crippen LogP contribution < -0.4 is 10.6 Å². The summed E-state index contributed by atoms with van der Waals surface area (Å²) in [4.78, 5) is 25.2. The molecule has 0 aliphatic carbocycles. The molecule has 108 valence electrons. The van der Waals surface area contributed by atoms with Gasteiger partial charge in [0.2, 0.25) is 11.8 Å². The fraction of sp³-hybridized carbons (Fsp3) is 0.385. The van der Waals surface area contributed by atoms with Crippen molar-refractivity contribution < 1.29 is 14.0 Å². The Balaban J connectivity index is 2.01. The summed E-state index contributed by atoms with van der Waals surface area (Å²) in [5.74, 6) is -0.849. The van der Waals surface area contributed by atoms with Gasteiger partial charge in [0.25, 0.3) is 0 Å². The van der Waals surface area contributed by atoms with Crippen LogP contribution in [0.15, 0.2) is 18.2 Å². The van der Waals surface area contributed by atoms with E-state index in [1.807, 2.05) is 0 Å². The molecule has 1 aromatic carbocycles. The van der Waals surface area contributed by atoms with E-state index in [2.05, 4.69) is 10.6 Å². The number of halogens is 2. The van der Waals surface area contributed by atoms with Gasteiger partial charge in [0.1, 0.15) is 5.82 Å². The topological polar surface area (TPSA) is 61.4 Å². The summed E-state index contributed by atoms with van der Waals surface area (Å²) in [5, 5.41) is 5.47. The molecule has 2 rings (SSSR count). The van der Waals surface area contributed by atoms with Crippen LogP contribution in [0.4, 0.5) is 10.1 Å². The number of nitrogens with zero attached hydrogens (tertiary/aromatic N) is 1. The highest BCUT2D eigenvalue weighted by Gasteiger charge is 2.26. The van der Waals surface area contributed by atoms with Crippen molar-refractivity contribution in [3.05, 3.63) is 29.0 Å². The minimum atomic E-state index is -0.470. The minimum Gasteiger partial charge on any atom is -0.354 e. The van der Waals surface area contributed by atoms with Gasteiger partial charge >= 0.3 is 0 Å². The second-order valence-corrected chi connectivity index (χ2v) is 5.02. The van der Waals surface area contributed by atoms with Gasteiger partial charge in [0.05, 0.1) is 23.3 Å². The maximum atomic E-state index is 12.9. The maximum Gasteiger partial charge on any atom is 0.241 e. The number of amides is 2. The van der Waals surface area contributed by atoms with Gasteiger partial charge in [0.15, 0.2) is 0 Å². The normalized spacial score (nSPS) is 17.4. The molecule has 1 unspecified atom stereocenters. The largest absolute Gasteiger partial charge is 0.354 e. The molecule has 2 N–H and O–H groups in total. The number of anilines is 1. The molecule has 0 bridgehead atoms. The van der Waals surface area contributed by atoms with Gasteiger partial charge in [0, 0.05) is 13.1 Å². The fourth-order valence-corrected chi connectivity index (χ4v) is 2.20. The van der Waals surface area contributed by atoms with E-state index in [4.69, 9.17) is 11.6 Å². The van der Waals surface area contributed by atoms with Crippen molar-refractivity contribution in [2.24, 2.45) is 0 Å². The molecule has 0 aromatic heterocycles. The van der Waals surface area contributed by atoms with E-state index in [-0.39, 0.29) is 23.4 Å². The Morgan fingerprint density at radius 2 is 2.30 bits per heavy atom. The number of carbonyl (C=O) groups is 2. The molecule has 1 aliphatic rings. The zero-order valence-corrected chi connectivity index (χ0v) is 11.7. The second-order valence-electron chi connectivity index (χ2n) is 4.61. The van der Waals surface area contributed by atoms with Crippen molar-refractivity contribution in [1.82, 2.24) is 10.2 Å². The summed E-state index contributed by atoms with van der Waals surface area (Å²) in [7, 11) is 0. The van der Waals surface area contributed by atoms with E-state index >= 15 is 0 Å². The van der Waals surface area contributed by atoms with Gasteiger partial charge in [-0.15, -0.1) is 0 Å². The van der Waals surface area contributed by atoms with Crippen LogP contribution in [0.3, 0.4) is 0 Å². The van der Waals surface area contributed by atoms with Crippen LogP contribution in [-0.2, 0) is 9.59 Å². The number of piperazine rings is 1. The lowest BCUT2D eigenvalue weighted by Crippen LogP contribution is -2.53. The van der Waals surface area contributed by atoms with Crippen LogP contribution in [0.5, 0.6) is 0 Å². The number of nitrogens with one attached hydrogen (secondary N) is 2. The standard InChI is InChI=1S/C13H15ClFN3O2/c1-8(18-5-4-16-12(19)7-18)13(20)17-11-3-2-9(15)6-10(11)14/h2-3,6,8H,4-5,7H2,1H3,(H,16,19)(H,17,20). The summed E-state index contributed by atoms with van der Waals surface area (Å²) in [6.07, 6.45) is 0. The molecule has 1 heterocycles. The average molecular weight is 300 g/mol. The Morgan fingerprint density at radius 3 is 2.95 bits per heavy atom. The molecule has 1 fully saturated rings. The highest BCUT2D eigenvalue weighted by Crippen LogP contribution is 2.22. The highest BCUT2D eigenvalue weighted by atomic mass is 35.5. The molecule has 0 saturated carbocycles. The molecule has 7 heteroatoms. The summed E-state index contributed by atoms with van der Waals surface area (Å²) in [5.41, 5.74) is 0.353. The lowest BCUT2D eigenvalue weighted by Gasteiger charge is -2.31. The smallest absolute Gasteiger partial charge is 0.241 e. The molecule has 2 amide bonds. The zero-order valence-electron chi connectivity index (χ0n) is 11.0. The average Bonchev–Trinajstić information content (AvgIpc) is 2.41. The Kier molecular flexibility index (Phi) is 4.57. The van der Waals surface area contributed by atoms with Gasteiger partial charge in [-0.1, -0.05) is 11.6 Å². The van der Waals surface area contributed by atoms with Crippen molar-refractivity contribution in [3.8, 4) is 0 Å².